The Bertz CT molecular complexity index is 1250. The highest BCUT2D eigenvalue weighted by molar-refractivity contribution is 5.70. The van der Waals surface area contributed by atoms with Gasteiger partial charge in [0.05, 0.1) is 6.61 Å². The minimum atomic E-state index is -0.582. The summed E-state index contributed by atoms with van der Waals surface area (Å²) < 4.78 is 17.3. The van der Waals surface area contributed by atoms with E-state index in [0.29, 0.717) is 19.4 Å². The maximum atomic E-state index is 12.8. The molecular weight excluding hydrogens is 765 g/mol. The van der Waals surface area contributed by atoms with Gasteiger partial charge in [-0.1, -0.05) is 194 Å². The minimum Gasteiger partial charge on any atom is -0.462 e. The number of esters is 2. The molecule has 0 saturated heterocycles. The van der Waals surface area contributed by atoms with Crippen LogP contribution in [0.1, 0.15) is 213 Å². The second kappa shape index (κ2) is 51.9. The van der Waals surface area contributed by atoms with E-state index < -0.39 is 6.10 Å². The lowest BCUT2D eigenvalue weighted by atomic mass is 10.1. The van der Waals surface area contributed by atoms with Crippen LogP contribution in [0.15, 0.2) is 109 Å². The predicted octanol–water partition coefficient (Wildman–Crippen LogP) is 17.2. The number of unbranched alkanes of at least 4 members (excludes halogenated alkanes) is 16. The predicted molar refractivity (Wildman–Crippen MR) is 269 cm³/mol. The van der Waals surface area contributed by atoms with Crippen LogP contribution in [0.5, 0.6) is 0 Å². The van der Waals surface area contributed by atoms with E-state index in [-0.39, 0.29) is 25.2 Å². The van der Waals surface area contributed by atoms with E-state index in [2.05, 4.69) is 130 Å². The number of hydrogen-bond acceptors (Lipinski definition) is 5. The molecule has 0 bridgehead atoms. The summed E-state index contributed by atoms with van der Waals surface area (Å²) in [6, 6.07) is 0. The summed E-state index contributed by atoms with van der Waals surface area (Å²) >= 11 is 0. The van der Waals surface area contributed by atoms with Crippen LogP contribution in [-0.2, 0) is 23.8 Å². The molecule has 0 spiro atoms. The quantitative estimate of drug-likeness (QED) is 0.0347. The molecule has 0 aromatic carbocycles. The van der Waals surface area contributed by atoms with Crippen molar-refractivity contribution in [2.45, 2.75) is 219 Å². The molecule has 0 aliphatic rings. The normalized spacial score (nSPS) is 13.1. The Morgan fingerprint density at radius 1 is 0.371 bits per heavy atom. The van der Waals surface area contributed by atoms with Crippen LogP contribution in [0.2, 0.25) is 0 Å². The Balaban J connectivity index is 4.40. The largest absolute Gasteiger partial charge is 0.462 e. The Kier molecular flexibility index (Phi) is 49.0. The SMILES string of the molecule is CC/C=C\C/C=C\C/C=C\C/C=C\CCCOCC(COC(=O)CCCCCCCCC/C=C\C/C=C\C/C=C\CC)OC(=O)CCCCCCC/C=C\C/C=C\CCCCC. The number of ether oxygens (including phenoxy) is 3. The molecule has 0 aliphatic carbocycles. The van der Waals surface area contributed by atoms with E-state index in [4.69, 9.17) is 14.2 Å². The Hall–Kier alpha value is -3.44. The summed E-state index contributed by atoms with van der Waals surface area (Å²) in [4.78, 5) is 25.4. The first-order valence-electron chi connectivity index (χ1n) is 25.4. The molecule has 0 aromatic rings. The maximum absolute atomic E-state index is 12.8. The molecule has 352 valence electrons. The van der Waals surface area contributed by atoms with Gasteiger partial charge in [0.2, 0.25) is 0 Å². The van der Waals surface area contributed by atoms with Gasteiger partial charge in [-0.2, -0.15) is 0 Å². The van der Waals surface area contributed by atoms with Crippen LogP contribution in [0.4, 0.5) is 0 Å². The Morgan fingerprint density at radius 3 is 1.16 bits per heavy atom. The zero-order valence-corrected chi connectivity index (χ0v) is 40.3. The first kappa shape index (κ1) is 58.6. The van der Waals surface area contributed by atoms with Crippen molar-refractivity contribution in [3.05, 3.63) is 109 Å². The first-order chi connectivity index (χ1) is 30.6. The summed E-state index contributed by atoms with van der Waals surface area (Å²) in [7, 11) is 0. The first-order valence-corrected chi connectivity index (χ1v) is 25.4. The van der Waals surface area contributed by atoms with Crippen molar-refractivity contribution in [1.29, 1.82) is 0 Å². The zero-order valence-electron chi connectivity index (χ0n) is 40.3. The molecule has 0 heterocycles. The molecular formula is C57H94O5. The number of allylic oxidation sites excluding steroid dienone is 18. The third-order valence-corrected chi connectivity index (χ3v) is 10.3. The van der Waals surface area contributed by atoms with Gasteiger partial charge in [0.1, 0.15) is 6.61 Å². The van der Waals surface area contributed by atoms with Gasteiger partial charge in [-0.15, -0.1) is 0 Å². The number of rotatable bonds is 45. The fourth-order valence-electron chi connectivity index (χ4n) is 6.56. The number of carbonyl (C=O) groups excluding carboxylic acids is 2. The lowest BCUT2D eigenvalue weighted by molar-refractivity contribution is -0.163. The standard InChI is InChI=1S/C57H94O5/c1-4-7-10-13-16-19-22-25-28-29-31-32-35-38-41-44-47-50-56(58)61-54-55(53-60-52-49-46-43-40-37-34-27-24-21-18-15-12-9-6-3)62-57(59)51-48-45-42-39-36-33-30-26-23-20-17-14-11-8-5-2/h7,9-10,12,16-21,25-28,30,34,40,43,55H,4-6,8,11,13-15,22-24,29,31-33,35-39,41-42,44-54H2,1-3H3/b10-7-,12-9-,19-16-,20-17-,21-18-,28-25-,30-26-,34-27-,43-40-. The van der Waals surface area contributed by atoms with Crippen LogP contribution in [0.3, 0.4) is 0 Å². The van der Waals surface area contributed by atoms with Gasteiger partial charge >= 0.3 is 11.9 Å². The van der Waals surface area contributed by atoms with Crippen molar-refractivity contribution in [3.8, 4) is 0 Å². The van der Waals surface area contributed by atoms with Crippen molar-refractivity contribution in [2.24, 2.45) is 0 Å². The molecule has 0 aromatic heterocycles. The zero-order chi connectivity index (χ0) is 44.9. The third kappa shape index (κ3) is 49.2. The minimum absolute atomic E-state index is 0.0463. The topological polar surface area (TPSA) is 61.8 Å². The number of hydrogen-bond donors (Lipinski definition) is 0. The van der Waals surface area contributed by atoms with E-state index in [9.17, 15) is 9.59 Å². The van der Waals surface area contributed by atoms with E-state index in [1.165, 1.54) is 64.2 Å². The molecule has 1 atom stereocenters. The van der Waals surface area contributed by atoms with E-state index in [1.807, 2.05) is 0 Å². The lowest BCUT2D eigenvalue weighted by Crippen LogP contribution is -2.30. The monoisotopic (exact) mass is 859 g/mol. The molecule has 0 amide bonds. The summed E-state index contributed by atoms with van der Waals surface area (Å²) in [5.41, 5.74) is 0. The fraction of sp³-hybridized carbons (Fsp3) is 0.649. The summed E-state index contributed by atoms with van der Waals surface area (Å²) in [5, 5.41) is 0. The Labute approximate surface area is 383 Å². The van der Waals surface area contributed by atoms with Crippen LogP contribution in [0, 0.1) is 0 Å². The lowest BCUT2D eigenvalue weighted by Gasteiger charge is -2.18. The average molecular weight is 859 g/mol. The van der Waals surface area contributed by atoms with Crippen LogP contribution in [-0.4, -0.2) is 37.9 Å². The highest BCUT2D eigenvalue weighted by atomic mass is 16.6. The van der Waals surface area contributed by atoms with E-state index >= 15 is 0 Å². The molecule has 0 radical (unpaired) electrons. The van der Waals surface area contributed by atoms with Crippen molar-refractivity contribution in [1.82, 2.24) is 0 Å². The average Bonchev–Trinajstić information content (AvgIpc) is 3.27. The molecule has 5 heteroatoms. The smallest absolute Gasteiger partial charge is 0.306 e. The van der Waals surface area contributed by atoms with Gasteiger partial charge < -0.3 is 14.2 Å². The van der Waals surface area contributed by atoms with Gasteiger partial charge in [-0.3, -0.25) is 9.59 Å². The van der Waals surface area contributed by atoms with Gasteiger partial charge in [-0.25, -0.2) is 0 Å². The highest BCUT2D eigenvalue weighted by Crippen LogP contribution is 2.13. The fourth-order valence-corrected chi connectivity index (χ4v) is 6.56. The summed E-state index contributed by atoms with van der Waals surface area (Å²) in [5.74, 6) is -0.461. The van der Waals surface area contributed by atoms with E-state index in [1.54, 1.807) is 0 Å². The second-order valence-electron chi connectivity index (χ2n) is 16.3. The van der Waals surface area contributed by atoms with Crippen molar-refractivity contribution in [2.75, 3.05) is 19.8 Å². The van der Waals surface area contributed by atoms with Crippen molar-refractivity contribution >= 4 is 11.9 Å². The van der Waals surface area contributed by atoms with Crippen LogP contribution < -0.4 is 0 Å². The van der Waals surface area contributed by atoms with Crippen LogP contribution >= 0.6 is 0 Å². The number of carbonyl (C=O) groups is 2. The molecule has 5 nitrogen and oxygen atoms in total. The molecule has 0 fully saturated rings. The van der Waals surface area contributed by atoms with Gasteiger partial charge in [0, 0.05) is 19.4 Å². The molecule has 0 rings (SSSR count). The summed E-state index contributed by atoms with van der Waals surface area (Å²) in [6.45, 7) is 7.40. The molecule has 62 heavy (non-hydrogen) atoms. The van der Waals surface area contributed by atoms with Crippen molar-refractivity contribution in [3.63, 3.8) is 0 Å². The maximum Gasteiger partial charge on any atom is 0.306 e. The summed E-state index contributed by atoms with van der Waals surface area (Å²) in [6.07, 6.45) is 71.0. The van der Waals surface area contributed by atoms with Gasteiger partial charge in [0.15, 0.2) is 6.10 Å². The molecule has 1 unspecified atom stereocenters. The molecule has 0 aliphatic heterocycles. The van der Waals surface area contributed by atoms with Crippen molar-refractivity contribution < 1.29 is 23.8 Å². The second-order valence-corrected chi connectivity index (χ2v) is 16.3. The molecule has 0 N–H and O–H groups in total. The van der Waals surface area contributed by atoms with E-state index in [0.717, 1.165) is 116 Å². The Morgan fingerprint density at radius 2 is 0.726 bits per heavy atom. The van der Waals surface area contributed by atoms with Gasteiger partial charge in [-0.05, 0) is 116 Å². The molecule has 0 saturated carbocycles. The van der Waals surface area contributed by atoms with Crippen LogP contribution in [0.25, 0.3) is 0 Å². The van der Waals surface area contributed by atoms with Gasteiger partial charge in [0.25, 0.3) is 0 Å². The highest BCUT2D eigenvalue weighted by Gasteiger charge is 2.17. The third-order valence-electron chi connectivity index (χ3n) is 10.3.